The minimum Gasteiger partial charge on any atom is -0.206 e. The second-order valence-corrected chi connectivity index (χ2v) is 4.98. The van der Waals surface area contributed by atoms with E-state index in [-0.39, 0.29) is 16.4 Å². The van der Waals surface area contributed by atoms with Gasteiger partial charge in [0.15, 0.2) is 5.82 Å². The molecule has 0 bridgehead atoms. The normalized spacial score (nSPS) is 10.9. The summed E-state index contributed by atoms with van der Waals surface area (Å²) in [7, 11) is 0. The highest BCUT2D eigenvalue weighted by Gasteiger charge is 2.19. The minimum atomic E-state index is -0.905. The molecule has 3 aromatic rings. The highest BCUT2D eigenvalue weighted by atomic mass is 35.5. The highest BCUT2D eigenvalue weighted by Crippen LogP contribution is 2.29. The van der Waals surface area contributed by atoms with Gasteiger partial charge in [-0.3, -0.25) is 0 Å². The van der Waals surface area contributed by atoms with E-state index in [1.54, 1.807) is 24.3 Å². The SMILES string of the molecule is Fc1cccc(Cl)c1-c1nc(F)n(-c2ccccc2Cl)n1. The molecule has 0 saturated heterocycles. The Morgan fingerprint density at radius 1 is 0.905 bits per heavy atom. The first-order chi connectivity index (χ1) is 10.1. The predicted molar refractivity (Wildman–Crippen MR) is 76.7 cm³/mol. The number of hydrogen-bond donors (Lipinski definition) is 0. The molecule has 0 aliphatic heterocycles. The van der Waals surface area contributed by atoms with E-state index in [0.29, 0.717) is 10.7 Å². The van der Waals surface area contributed by atoms with Crippen LogP contribution in [-0.4, -0.2) is 14.8 Å². The van der Waals surface area contributed by atoms with Crippen molar-refractivity contribution in [3.8, 4) is 17.1 Å². The van der Waals surface area contributed by atoms with Crippen molar-refractivity contribution in [2.24, 2.45) is 0 Å². The molecule has 3 nitrogen and oxygen atoms in total. The molecule has 1 heterocycles. The second kappa shape index (κ2) is 5.42. The minimum absolute atomic E-state index is 0.0520. The molecule has 106 valence electrons. The van der Waals surface area contributed by atoms with E-state index < -0.39 is 11.9 Å². The van der Waals surface area contributed by atoms with Crippen molar-refractivity contribution in [3.63, 3.8) is 0 Å². The van der Waals surface area contributed by atoms with Crippen molar-refractivity contribution < 1.29 is 8.78 Å². The Labute approximate surface area is 128 Å². The Morgan fingerprint density at radius 2 is 1.62 bits per heavy atom. The Kier molecular flexibility index (Phi) is 3.61. The fourth-order valence-corrected chi connectivity index (χ4v) is 2.35. The maximum absolute atomic E-state index is 14.0. The summed E-state index contributed by atoms with van der Waals surface area (Å²) >= 11 is 11.9. The topological polar surface area (TPSA) is 30.7 Å². The lowest BCUT2D eigenvalue weighted by molar-refractivity contribution is 0.506. The summed E-state index contributed by atoms with van der Waals surface area (Å²) in [5.74, 6) is -0.769. The first-order valence-electron chi connectivity index (χ1n) is 5.90. The molecule has 7 heteroatoms. The molecule has 0 fully saturated rings. The van der Waals surface area contributed by atoms with Gasteiger partial charge in [-0.05, 0) is 24.3 Å². The lowest BCUT2D eigenvalue weighted by Crippen LogP contribution is -2.00. The van der Waals surface area contributed by atoms with E-state index in [2.05, 4.69) is 10.1 Å². The Morgan fingerprint density at radius 3 is 2.33 bits per heavy atom. The molecular formula is C14H7Cl2F2N3. The van der Waals surface area contributed by atoms with E-state index in [4.69, 9.17) is 23.2 Å². The summed E-state index contributed by atoms with van der Waals surface area (Å²) in [6.45, 7) is 0. The quantitative estimate of drug-likeness (QED) is 0.693. The largest absolute Gasteiger partial charge is 0.312 e. The van der Waals surface area contributed by atoms with Crippen molar-refractivity contribution in [2.45, 2.75) is 0 Å². The van der Waals surface area contributed by atoms with Crippen LogP contribution < -0.4 is 0 Å². The van der Waals surface area contributed by atoms with Crippen molar-refractivity contribution in [1.82, 2.24) is 14.8 Å². The molecule has 0 radical (unpaired) electrons. The molecule has 21 heavy (non-hydrogen) atoms. The van der Waals surface area contributed by atoms with E-state index in [9.17, 15) is 8.78 Å². The average molecular weight is 326 g/mol. The van der Waals surface area contributed by atoms with Crippen LogP contribution in [0, 0.1) is 11.9 Å². The van der Waals surface area contributed by atoms with Gasteiger partial charge in [-0.15, -0.1) is 5.10 Å². The summed E-state index contributed by atoms with van der Waals surface area (Å²) in [5, 5.41) is 4.36. The van der Waals surface area contributed by atoms with Crippen LogP contribution in [-0.2, 0) is 0 Å². The third kappa shape index (κ3) is 2.50. The van der Waals surface area contributed by atoms with Crippen molar-refractivity contribution in [3.05, 3.63) is 64.4 Å². The maximum atomic E-state index is 14.0. The zero-order valence-corrected chi connectivity index (χ0v) is 11.9. The Bertz CT molecular complexity index is 797. The molecule has 2 aromatic carbocycles. The highest BCUT2D eigenvalue weighted by molar-refractivity contribution is 6.33. The molecule has 0 N–H and O–H groups in total. The molecule has 0 amide bonds. The summed E-state index contributed by atoms with van der Waals surface area (Å²) in [4.78, 5) is 3.62. The van der Waals surface area contributed by atoms with Gasteiger partial charge in [0.05, 0.1) is 21.3 Å². The number of para-hydroxylation sites is 1. The molecule has 0 atom stereocenters. The second-order valence-electron chi connectivity index (χ2n) is 4.16. The molecule has 3 rings (SSSR count). The number of benzene rings is 2. The number of nitrogens with zero attached hydrogens (tertiary/aromatic N) is 3. The van der Waals surface area contributed by atoms with Crippen LogP contribution >= 0.6 is 23.2 Å². The molecule has 0 aliphatic rings. The van der Waals surface area contributed by atoms with Crippen molar-refractivity contribution in [2.75, 3.05) is 0 Å². The van der Waals surface area contributed by atoms with Crippen LogP contribution in [0.4, 0.5) is 8.78 Å². The van der Waals surface area contributed by atoms with E-state index in [1.165, 1.54) is 18.2 Å². The van der Waals surface area contributed by atoms with Crippen LogP contribution in [0.1, 0.15) is 0 Å². The van der Waals surface area contributed by atoms with Crippen LogP contribution in [0.15, 0.2) is 42.5 Å². The first kappa shape index (κ1) is 14.0. The van der Waals surface area contributed by atoms with Crippen LogP contribution in [0.5, 0.6) is 0 Å². The van der Waals surface area contributed by atoms with Crippen molar-refractivity contribution >= 4 is 23.2 Å². The summed E-state index contributed by atoms with van der Waals surface area (Å²) in [6, 6.07) is 10.7. The number of hydrogen-bond acceptors (Lipinski definition) is 2. The van der Waals surface area contributed by atoms with Gasteiger partial charge in [-0.1, -0.05) is 41.4 Å². The fourth-order valence-electron chi connectivity index (χ4n) is 1.89. The monoisotopic (exact) mass is 325 g/mol. The molecule has 0 saturated carbocycles. The van der Waals surface area contributed by atoms with Gasteiger partial charge in [0.25, 0.3) is 0 Å². The third-order valence-electron chi connectivity index (χ3n) is 2.83. The Hall–Kier alpha value is -1.98. The molecule has 0 spiro atoms. The molecule has 1 aromatic heterocycles. The molecule has 0 aliphatic carbocycles. The zero-order valence-electron chi connectivity index (χ0n) is 10.4. The number of halogens is 4. The smallest absolute Gasteiger partial charge is 0.206 e. The predicted octanol–water partition coefficient (Wildman–Crippen LogP) is 4.52. The average Bonchev–Trinajstić information content (AvgIpc) is 2.81. The van der Waals surface area contributed by atoms with Gasteiger partial charge in [0.2, 0.25) is 0 Å². The summed E-state index contributed by atoms with van der Waals surface area (Å²) in [6.07, 6.45) is -0.905. The molecule has 0 unspecified atom stereocenters. The Balaban J connectivity index is 2.17. The van der Waals surface area contributed by atoms with E-state index in [1.807, 2.05) is 0 Å². The summed E-state index contributed by atoms with van der Waals surface area (Å²) < 4.78 is 28.7. The van der Waals surface area contributed by atoms with Crippen LogP contribution in [0.3, 0.4) is 0 Å². The number of aromatic nitrogens is 3. The lowest BCUT2D eigenvalue weighted by Gasteiger charge is -2.03. The maximum Gasteiger partial charge on any atom is 0.312 e. The molecular weight excluding hydrogens is 319 g/mol. The fraction of sp³-hybridized carbons (Fsp3) is 0. The number of rotatable bonds is 2. The van der Waals surface area contributed by atoms with Gasteiger partial charge < -0.3 is 0 Å². The third-order valence-corrected chi connectivity index (χ3v) is 3.47. The van der Waals surface area contributed by atoms with Gasteiger partial charge in [-0.2, -0.15) is 14.1 Å². The zero-order chi connectivity index (χ0) is 15.0. The first-order valence-corrected chi connectivity index (χ1v) is 6.65. The van der Waals surface area contributed by atoms with E-state index >= 15 is 0 Å². The van der Waals surface area contributed by atoms with Gasteiger partial charge in [0.1, 0.15) is 5.82 Å². The van der Waals surface area contributed by atoms with Crippen LogP contribution in [0.2, 0.25) is 10.0 Å². The van der Waals surface area contributed by atoms with Gasteiger partial charge in [0, 0.05) is 0 Å². The van der Waals surface area contributed by atoms with Crippen LogP contribution in [0.25, 0.3) is 17.1 Å². The van der Waals surface area contributed by atoms with E-state index in [0.717, 1.165) is 4.68 Å². The summed E-state index contributed by atoms with van der Waals surface area (Å²) in [5.41, 5.74) is 0.256. The standard InChI is InChI=1S/C14H7Cl2F2N3/c15-8-4-1-2-7-11(8)21-14(18)19-13(20-21)12-9(16)5-3-6-10(12)17/h1-7H. The van der Waals surface area contributed by atoms with Gasteiger partial charge >= 0.3 is 6.08 Å². The lowest BCUT2D eigenvalue weighted by atomic mass is 10.2. The van der Waals surface area contributed by atoms with Crippen molar-refractivity contribution in [1.29, 1.82) is 0 Å². The van der Waals surface area contributed by atoms with Gasteiger partial charge in [-0.25, -0.2) is 4.39 Å².